The number of para-hydroxylation sites is 1. The van der Waals surface area contributed by atoms with Crippen molar-refractivity contribution in [3.8, 4) is 11.3 Å². The van der Waals surface area contributed by atoms with Gasteiger partial charge in [0.2, 0.25) is 0 Å². The minimum atomic E-state index is -0.428. The summed E-state index contributed by atoms with van der Waals surface area (Å²) in [6.07, 6.45) is 2.68. The van der Waals surface area contributed by atoms with Gasteiger partial charge in [-0.15, -0.1) is 11.3 Å². The SMILES string of the molecule is COC(=O)c1c(NC(=O)c2c(C)c(-c3ccc(Cl)cc3Cl)nc3ccccc23)sc2c1CC[C@@H](C)C2. The third kappa shape index (κ3) is 4.38. The molecule has 2 aromatic heterocycles. The zero-order valence-corrected chi connectivity index (χ0v) is 22.4. The normalized spacial score (nSPS) is 15.0. The van der Waals surface area contributed by atoms with Gasteiger partial charge in [0, 0.05) is 20.8 Å². The number of ether oxygens (including phenoxy) is 1. The molecule has 0 aliphatic heterocycles. The lowest BCUT2D eigenvalue weighted by Gasteiger charge is -2.18. The summed E-state index contributed by atoms with van der Waals surface area (Å²) in [5, 5.41) is 5.26. The van der Waals surface area contributed by atoms with Crippen molar-refractivity contribution in [1.29, 1.82) is 0 Å². The van der Waals surface area contributed by atoms with Crippen LogP contribution >= 0.6 is 34.5 Å². The molecule has 5 rings (SSSR count). The fourth-order valence-corrected chi connectivity index (χ4v) is 6.76. The van der Waals surface area contributed by atoms with E-state index >= 15 is 0 Å². The number of fused-ring (bicyclic) bond motifs is 2. The molecule has 184 valence electrons. The van der Waals surface area contributed by atoms with Crippen molar-refractivity contribution in [1.82, 2.24) is 4.98 Å². The Morgan fingerprint density at radius 1 is 1.14 bits per heavy atom. The summed E-state index contributed by atoms with van der Waals surface area (Å²) in [5.41, 5.74) is 4.59. The lowest BCUT2D eigenvalue weighted by Crippen LogP contribution is -2.17. The molecule has 8 heteroatoms. The minimum absolute atomic E-state index is 0.311. The van der Waals surface area contributed by atoms with Crippen molar-refractivity contribution in [2.45, 2.75) is 33.1 Å². The van der Waals surface area contributed by atoms with Gasteiger partial charge in [0.15, 0.2) is 0 Å². The Kier molecular flexibility index (Phi) is 6.77. The van der Waals surface area contributed by atoms with Crippen molar-refractivity contribution in [2.75, 3.05) is 12.4 Å². The smallest absolute Gasteiger partial charge is 0.341 e. The quantitative estimate of drug-likeness (QED) is 0.270. The van der Waals surface area contributed by atoms with Crippen LogP contribution in [-0.2, 0) is 17.6 Å². The topological polar surface area (TPSA) is 68.3 Å². The number of amides is 1. The average molecular weight is 539 g/mol. The van der Waals surface area contributed by atoms with Crippen LogP contribution in [0.15, 0.2) is 42.5 Å². The van der Waals surface area contributed by atoms with E-state index in [2.05, 4.69) is 12.2 Å². The number of methoxy groups -OCH3 is 1. The van der Waals surface area contributed by atoms with E-state index in [0.29, 0.717) is 54.4 Å². The van der Waals surface area contributed by atoms with E-state index in [1.165, 1.54) is 18.4 Å². The molecule has 2 aromatic carbocycles. The highest BCUT2D eigenvalue weighted by molar-refractivity contribution is 7.17. The van der Waals surface area contributed by atoms with E-state index in [0.717, 1.165) is 35.1 Å². The molecule has 0 saturated heterocycles. The number of carbonyl (C=O) groups is 2. The molecule has 1 aliphatic rings. The maximum absolute atomic E-state index is 13.9. The zero-order valence-electron chi connectivity index (χ0n) is 20.1. The Labute approximate surface area is 223 Å². The first-order valence-electron chi connectivity index (χ1n) is 11.7. The Morgan fingerprint density at radius 2 is 1.92 bits per heavy atom. The molecule has 0 fully saturated rings. The van der Waals surface area contributed by atoms with Crippen LogP contribution in [0.25, 0.3) is 22.2 Å². The van der Waals surface area contributed by atoms with Crippen molar-refractivity contribution in [3.05, 3.63) is 79.6 Å². The Morgan fingerprint density at radius 3 is 2.67 bits per heavy atom. The summed E-state index contributed by atoms with van der Waals surface area (Å²) in [4.78, 5) is 32.6. The lowest BCUT2D eigenvalue weighted by atomic mass is 9.88. The Hall–Kier alpha value is -2.93. The van der Waals surface area contributed by atoms with Gasteiger partial charge < -0.3 is 10.1 Å². The summed E-state index contributed by atoms with van der Waals surface area (Å²) in [5.74, 6) is -0.209. The predicted molar refractivity (Wildman–Crippen MR) is 147 cm³/mol. The number of aromatic nitrogens is 1. The van der Waals surface area contributed by atoms with E-state index in [1.54, 1.807) is 18.2 Å². The van der Waals surface area contributed by atoms with Gasteiger partial charge in [-0.1, -0.05) is 48.3 Å². The number of pyridine rings is 1. The van der Waals surface area contributed by atoms with Crippen LogP contribution in [0.4, 0.5) is 5.00 Å². The van der Waals surface area contributed by atoms with Gasteiger partial charge in [-0.2, -0.15) is 0 Å². The maximum atomic E-state index is 13.9. The summed E-state index contributed by atoms with van der Waals surface area (Å²) in [6, 6.07) is 12.7. The molecule has 0 unspecified atom stereocenters. The highest BCUT2D eigenvalue weighted by atomic mass is 35.5. The van der Waals surface area contributed by atoms with Gasteiger partial charge in [-0.25, -0.2) is 9.78 Å². The molecule has 0 bridgehead atoms. The molecule has 1 aliphatic carbocycles. The van der Waals surface area contributed by atoms with Gasteiger partial charge >= 0.3 is 5.97 Å². The molecule has 0 radical (unpaired) electrons. The number of thiophene rings is 1. The molecule has 2 heterocycles. The van der Waals surface area contributed by atoms with E-state index in [4.69, 9.17) is 32.9 Å². The highest BCUT2D eigenvalue weighted by Crippen LogP contribution is 2.41. The predicted octanol–water partition coefficient (Wildman–Crippen LogP) is 7.74. The second-order valence-corrected chi connectivity index (χ2v) is 11.1. The van der Waals surface area contributed by atoms with Gasteiger partial charge in [0.25, 0.3) is 5.91 Å². The van der Waals surface area contributed by atoms with Gasteiger partial charge in [-0.05, 0) is 67.5 Å². The van der Waals surface area contributed by atoms with Crippen LogP contribution in [0, 0.1) is 12.8 Å². The fourth-order valence-electron chi connectivity index (χ4n) is 4.87. The zero-order chi connectivity index (χ0) is 25.6. The van der Waals surface area contributed by atoms with Crippen molar-refractivity contribution in [3.63, 3.8) is 0 Å². The molecule has 5 nitrogen and oxygen atoms in total. The van der Waals surface area contributed by atoms with Crippen LogP contribution in [-0.4, -0.2) is 24.0 Å². The number of hydrogen-bond donors (Lipinski definition) is 1. The molecular formula is C28H24Cl2N2O3S. The molecule has 0 saturated carbocycles. The number of benzene rings is 2. The Bertz CT molecular complexity index is 1530. The average Bonchev–Trinajstić information content (AvgIpc) is 3.20. The molecular weight excluding hydrogens is 515 g/mol. The van der Waals surface area contributed by atoms with Crippen molar-refractivity contribution >= 4 is 62.3 Å². The third-order valence-electron chi connectivity index (χ3n) is 6.68. The molecule has 1 amide bonds. The standard InChI is InChI=1S/C28H24Cl2N2O3S/c1-14-8-10-19-22(12-14)36-27(24(19)28(34)35-3)32-26(33)23-15(2)25(17-11-9-16(29)13-20(17)30)31-21-7-5-4-6-18(21)23/h4-7,9,11,13-14H,8,10,12H2,1-3H3,(H,32,33)/t14-/m1/s1. The van der Waals surface area contributed by atoms with E-state index in [1.807, 2.05) is 31.2 Å². The van der Waals surface area contributed by atoms with E-state index < -0.39 is 5.97 Å². The highest BCUT2D eigenvalue weighted by Gasteiger charge is 2.30. The first kappa shape index (κ1) is 24.8. The lowest BCUT2D eigenvalue weighted by molar-refractivity contribution is 0.0601. The number of esters is 1. The Balaban J connectivity index is 1.64. The molecule has 0 spiro atoms. The van der Waals surface area contributed by atoms with Crippen molar-refractivity contribution < 1.29 is 14.3 Å². The number of halogens is 2. The van der Waals surface area contributed by atoms with Gasteiger partial charge in [0.05, 0.1) is 34.5 Å². The summed E-state index contributed by atoms with van der Waals surface area (Å²) in [7, 11) is 1.37. The first-order chi connectivity index (χ1) is 17.3. The van der Waals surface area contributed by atoms with Gasteiger partial charge in [0.1, 0.15) is 5.00 Å². The minimum Gasteiger partial charge on any atom is -0.465 e. The maximum Gasteiger partial charge on any atom is 0.341 e. The number of nitrogens with one attached hydrogen (secondary N) is 1. The molecule has 4 aromatic rings. The second kappa shape index (κ2) is 9.85. The van der Waals surface area contributed by atoms with E-state index in [-0.39, 0.29) is 5.91 Å². The fraction of sp³-hybridized carbons (Fsp3) is 0.250. The monoisotopic (exact) mass is 538 g/mol. The third-order valence-corrected chi connectivity index (χ3v) is 8.40. The van der Waals surface area contributed by atoms with Crippen LogP contribution in [0.5, 0.6) is 0 Å². The summed E-state index contributed by atoms with van der Waals surface area (Å²) >= 11 is 14.1. The number of nitrogens with zero attached hydrogens (tertiary/aromatic N) is 1. The summed E-state index contributed by atoms with van der Waals surface area (Å²) in [6.45, 7) is 4.06. The summed E-state index contributed by atoms with van der Waals surface area (Å²) < 4.78 is 5.09. The van der Waals surface area contributed by atoms with Crippen LogP contribution in [0.2, 0.25) is 10.0 Å². The molecule has 1 atom stereocenters. The van der Waals surface area contributed by atoms with Crippen molar-refractivity contribution in [2.24, 2.45) is 5.92 Å². The number of hydrogen-bond acceptors (Lipinski definition) is 5. The molecule has 36 heavy (non-hydrogen) atoms. The van der Waals surface area contributed by atoms with Gasteiger partial charge in [-0.3, -0.25) is 4.79 Å². The second-order valence-electron chi connectivity index (χ2n) is 9.10. The van der Waals surface area contributed by atoms with Crippen LogP contribution in [0.1, 0.15) is 50.1 Å². The number of carbonyl (C=O) groups excluding carboxylic acids is 2. The van der Waals surface area contributed by atoms with Crippen LogP contribution in [0.3, 0.4) is 0 Å². The van der Waals surface area contributed by atoms with Crippen LogP contribution < -0.4 is 5.32 Å². The number of rotatable bonds is 4. The molecule has 1 N–H and O–H groups in total. The largest absolute Gasteiger partial charge is 0.465 e. The number of anilines is 1. The first-order valence-corrected chi connectivity index (χ1v) is 13.2. The van der Waals surface area contributed by atoms with E-state index in [9.17, 15) is 9.59 Å².